The van der Waals surface area contributed by atoms with E-state index in [4.69, 9.17) is 18.9 Å². The molecule has 4 aliphatic heterocycles. The number of benzene rings is 3. The molecule has 3 aromatic rings. The maximum absolute atomic E-state index is 13.3. The number of hydrogen-bond acceptors (Lipinski definition) is 14. The van der Waals surface area contributed by atoms with Crippen LogP contribution >= 0.6 is 21.6 Å². The highest BCUT2D eigenvalue weighted by molar-refractivity contribution is 8.76. The molecule has 58 heavy (non-hydrogen) atoms. The van der Waals surface area contributed by atoms with Gasteiger partial charge in [-0.25, -0.2) is 4.79 Å². The summed E-state index contributed by atoms with van der Waals surface area (Å²) in [4.78, 5) is 30.2. The van der Waals surface area contributed by atoms with Crippen molar-refractivity contribution in [2.45, 2.75) is 43.0 Å². The monoisotopic (exact) mass is 830 g/mol. The zero-order valence-electron chi connectivity index (χ0n) is 31.7. The molecule has 3 aromatic carbocycles. The summed E-state index contributed by atoms with van der Waals surface area (Å²) >= 11 is 0. The first-order valence-corrected chi connectivity index (χ1v) is 21.4. The van der Waals surface area contributed by atoms with Crippen LogP contribution < -0.4 is 14.8 Å². The van der Waals surface area contributed by atoms with E-state index in [0.717, 1.165) is 17.6 Å². The minimum absolute atomic E-state index is 0.00413. The fourth-order valence-corrected chi connectivity index (χ4v) is 9.98. The third-order valence-corrected chi connectivity index (χ3v) is 13.3. The van der Waals surface area contributed by atoms with Gasteiger partial charge in [-0.05, 0) is 71.7 Å². The van der Waals surface area contributed by atoms with E-state index in [1.165, 1.54) is 51.9 Å². The predicted molar refractivity (Wildman–Crippen MR) is 223 cm³/mol. The van der Waals surface area contributed by atoms with Crippen molar-refractivity contribution < 1.29 is 54.1 Å². The van der Waals surface area contributed by atoms with E-state index in [2.05, 4.69) is 35.5 Å². The van der Waals surface area contributed by atoms with Gasteiger partial charge in [-0.2, -0.15) is 0 Å². The molecule has 6 N–H and O–H groups in total. The molecule has 4 heterocycles. The van der Waals surface area contributed by atoms with Crippen LogP contribution in [0.3, 0.4) is 0 Å². The number of hydrogen-bond donors (Lipinski definition) is 6. The van der Waals surface area contributed by atoms with E-state index in [-0.39, 0.29) is 59.6 Å². The first kappa shape index (κ1) is 41.5. The number of ether oxygens (including phenoxy) is 4. The van der Waals surface area contributed by atoms with Gasteiger partial charge >= 0.3 is 5.97 Å². The van der Waals surface area contributed by atoms with Crippen molar-refractivity contribution in [3.8, 4) is 17.2 Å². The fraction of sp³-hybridized carbons (Fsp3) is 0.372. The number of carbonyl (C=O) groups is 2. The van der Waals surface area contributed by atoms with Crippen LogP contribution in [0, 0.1) is 17.8 Å². The van der Waals surface area contributed by atoms with Crippen LogP contribution in [0.5, 0.6) is 17.2 Å². The second kappa shape index (κ2) is 18.1. The maximum atomic E-state index is 13.3. The molecule has 2 saturated heterocycles. The number of carbonyl (C=O) groups excluding carboxylic acids is 1. The quantitative estimate of drug-likeness (QED) is 0.113. The molecular weight excluding hydrogens is 785 g/mol. The van der Waals surface area contributed by atoms with Gasteiger partial charge in [0, 0.05) is 30.2 Å². The summed E-state index contributed by atoms with van der Waals surface area (Å²) in [7, 11) is 2.79. The number of aliphatic hydroxyl groups excluding tert-OH is 2. The number of carboxylic acid groups (broad SMARTS) is 1. The molecule has 4 aliphatic rings. The lowest BCUT2D eigenvalue weighted by Gasteiger charge is -2.53. The Morgan fingerprint density at radius 3 is 2.62 bits per heavy atom. The van der Waals surface area contributed by atoms with Gasteiger partial charge in [0.25, 0.3) is 0 Å². The van der Waals surface area contributed by atoms with E-state index in [0.29, 0.717) is 35.5 Å². The number of phenolic OH excluding ortho intramolecular Hbond substituents is 1. The normalized spacial score (nSPS) is 29.6. The summed E-state index contributed by atoms with van der Waals surface area (Å²) in [5.41, 5.74) is -1.31. The molecule has 0 aliphatic carbocycles. The Morgan fingerprint density at radius 1 is 1.10 bits per heavy atom. The zero-order chi connectivity index (χ0) is 40.9. The van der Waals surface area contributed by atoms with Crippen LogP contribution in [0.25, 0.3) is 17.4 Å². The van der Waals surface area contributed by atoms with E-state index >= 15 is 0 Å². The minimum Gasteiger partial charge on any atom is -0.508 e. The second-order valence-electron chi connectivity index (χ2n) is 14.7. The standard InChI is InChI=1S/C43H46N2O11S2/c1-26(6-5-9-27-7-3-2-4-8-27)33-20-45-23-42(52)41(55-31-14-15-32-36(18-31)53-21-34(37(32)48)28-10-12-30(47)13-11-28)56-38(40(50)51)39(49)43(42,24-46)54-25-58-57-22-35(33)29-16-17-44-19-29/h2-5,7-16,18-19,24,26,33,35,38-39,41,45,47-49,52H,6,17,20-23,25H2,1H3,(H,50,51). The van der Waals surface area contributed by atoms with Gasteiger partial charge in [-0.1, -0.05) is 89.2 Å². The first-order chi connectivity index (χ1) is 28.0. The van der Waals surface area contributed by atoms with Crippen molar-refractivity contribution in [1.82, 2.24) is 5.32 Å². The molecule has 15 heteroatoms. The third-order valence-electron chi connectivity index (χ3n) is 11.2. The lowest BCUT2D eigenvalue weighted by Crippen LogP contribution is -2.80. The van der Waals surface area contributed by atoms with Crippen LogP contribution in [0.1, 0.15) is 30.0 Å². The number of phenols is 1. The number of nitrogens with zero attached hydrogens (tertiary/aromatic N) is 1. The number of aldehydes is 1. The summed E-state index contributed by atoms with van der Waals surface area (Å²) in [6.07, 6.45) is 3.26. The summed E-state index contributed by atoms with van der Waals surface area (Å²) in [6, 6.07) is 20.8. The smallest absolute Gasteiger partial charge is 0.335 e. The fourth-order valence-electron chi connectivity index (χ4n) is 7.91. The number of aliphatic carboxylic acids is 1. The highest BCUT2D eigenvalue weighted by Gasteiger charge is 2.69. The van der Waals surface area contributed by atoms with Crippen LogP contribution in [0.15, 0.2) is 95.5 Å². The third kappa shape index (κ3) is 8.43. The van der Waals surface area contributed by atoms with Crippen LogP contribution in [-0.2, 0) is 19.1 Å². The zero-order valence-corrected chi connectivity index (χ0v) is 33.3. The first-order valence-electron chi connectivity index (χ1n) is 19.0. The van der Waals surface area contributed by atoms with E-state index in [1.54, 1.807) is 12.1 Å². The largest absolute Gasteiger partial charge is 0.508 e. The van der Waals surface area contributed by atoms with Crippen molar-refractivity contribution in [1.29, 1.82) is 0 Å². The predicted octanol–water partition coefficient (Wildman–Crippen LogP) is 5.37. The highest BCUT2D eigenvalue weighted by atomic mass is 33.1. The van der Waals surface area contributed by atoms with Gasteiger partial charge in [0.05, 0.1) is 12.1 Å². The Morgan fingerprint density at radius 2 is 1.90 bits per heavy atom. The number of aromatic hydroxyl groups is 1. The van der Waals surface area contributed by atoms with E-state index in [1.807, 2.05) is 36.5 Å². The molecule has 2 fully saturated rings. The average Bonchev–Trinajstić information content (AvgIpc) is 3.76. The van der Waals surface area contributed by atoms with Crippen LogP contribution in [-0.4, -0.2) is 112 Å². The second-order valence-corrected chi connectivity index (χ2v) is 17.2. The molecule has 0 aromatic heterocycles. The lowest BCUT2D eigenvalue weighted by molar-refractivity contribution is -0.340. The van der Waals surface area contributed by atoms with Crippen LogP contribution in [0.4, 0.5) is 0 Å². The minimum atomic E-state index is -2.51. The molecule has 8 unspecified atom stereocenters. The van der Waals surface area contributed by atoms with E-state index in [9.17, 15) is 35.1 Å². The molecule has 0 saturated carbocycles. The molecule has 7 rings (SSSR count). The van der Waals surface area contributed by atoms with Crippen LogP contribution in [0.2, 0.25) is 0 Å². The van der Waals surface area contributed by atoms with Gasteiger partial charge in [0.1, 0.15) is 41.7 Å². The van der Waals surface area contributed by atoms with Crippen molar-refractivity contribution >= 4 is 57.5 Å². The van der Waals surface area contributed by atoms with Gasteiger partial charge in [-0.15, -0.1) is 0 Å². The number of β-amino-alcohol motifs (C(OH)–C–C–N with tert-alkyl or cyclic N) is 1. The number of nitrogens with one attached hydrogen (secondary N) is 1. The van der Waals surface area contributed by atoms with Crippen molar-refractivity contribution in [2.24, 2.45) is 22.7 Å². The van der Waals surface area contributed by atoms with E-state index < -0.39 is 42.2 Å². The molecule has 13 nitrogen and oxygen atoms in total. The van der Waals surface area contributed by atoms with Crippen molar-refractivity contribution in [3.63, 3.8) is 0 Å². The molecule has 8 atom stereocenters. The summed E-state index contributed by atoms with van der Waals surface area (Å²) in [5.74, 6) is -0.592. The number of aliphatic imine (C=N–C) groups is 1. The Bertz CT molecular complexity index is 2080. The summed E-state index contributed by atoms with van der Waals surface area (Å²) in [6.45, 7) is 2.71. The average molecular weight is 831 g/mol. The van der Waals surface area contributed by atoms with Crippen molar-refractivity contribution in [3.05, 3.63) is 107 Å². The molecule has 0 spiro atoms. The molecule has 306 valence electrons. The molecular formula is C43H46N2O11S2. The Balaban J connectivity index is 1.20. The SMILES string of the molecule is CC(CC=Cc1ccccc1)C1CNCC2(O)C(Oc3ccc4c(c3)OCC(c3ccc(O)cc3)=C4O)OC(C(=O)O)C(O)C2(C=O)OCSSCC1C1=CCN=C1. The molecule has 0 amide bonds. The van der Waals surface area contributed by atoms with Crippen molar-refractivity contribution in [2.75, 3.05) is 37.9 Å². The Kier molecular flexibility index (Phi) is 13.0. The maximum Gasteiger partial charge on any atom is 0.335 e. The lowest BCUT2D eigenvalue weighted by atomic mass is 9.73. The Hall–Kier alpha value is -4.61. The number of rotatable bonds is 10. The van der Waals surface area contributed by atoms with Gasteiger partial charge in [0.2, 0.25) is 6.29 Å². The number of allylic oxidation sites excluding steroid dienone is 2. The summed E-state index contributed by atoms with van der Waals surface area (Å²) < 4.78 is 24.2. The highest BCUT2D eigenvalue weighted by Crippen LogP contribution is 2.45. The molecule has 0 radical (unpaired) electrons. The van der Waals surface area contributed by atoms with Gasteiger partial charge in [-0.3, -0.25) is 9.79 Å². The van der Waals surface area contributed by atoms with Gasteiger partial charge < -0.3 is 49.8 Å². The topological polar surface area (TPSA) is 197 Å². The molecule has 0 bridgehead atoms. The van der Waals surface area contributed by atoms with Gasteiger partial charge in [0.15, 0.2) is 23.6 Å². The number of carboxylic acids is 1. The number of aliphatic hydroxyl groups is 3. The number of fused-ring (bicyclic) bond motifs is 2. The Labute approximate surface area is 343 Å². The summed E-state index contributed by atoms with van der Waals surface area (Å²) in [5, 5.41) is 58.8.